The van der Waals surface area contributed by atoms with Gasteiger partial charge in [-0.15, -0.1) is 0 Å². The number of rotatable bonds is 1. The lowest BCUT2D eigenvalue weighted by Crippen LogP contribution is -2.18. The number of anilines is 1. The maximum atomic E-state index is 4.49. The van der Waals surface area contributed by atoms with Crippen molar-refractivity contribution >= 4 is 5.95 Å². The minimum atomic E-state index is 0.805. The molecule has 3 heterocycles. The molecule has 3 rings (SSSR count). The Labute approximate surface area is 100 Å². The van der Waals surface area contributed by atoms with Gasteiger partial charge in [0.25, 0.3) is 0 Å². The molecule has 0 saturated heterocycles. The topological polar surface area (TPSA) is 41.9 Å². The number of hydrogen-bond donors (Lipinski definition) is 0. The first-order valence-electron chi connectivity index (χ1n) is 5.72. The van der Waals surface area contributed by atoms with Gasteiger partial charge in [-0.25, -0.2) is 9.97 Å². The third-order valence-corrected chi connectivity index (χ3v) is 2.94. The maximum absolute atomic E-state index is 4.49. The molecule has 0 saturated carbocycles. The standard InChI is InChI=1S/C13H14N4/c1-9-6-10(2)16-13(15-9)17-7-11-4-3-5-14-12(11)8-17/h3-6H,7-8H2,1-2H3. The molecule has 0 atom stereocenters. The van der Waals surface area contributed by atoms with E-state index in [9.17, 15) is 0 Å². The molecule has 0 unspecified atom stereocenters. The molecule has 0 aromatic carbocycles. The summed E-state index contributed by atoms with van der Waals surface area (Å²) in [7, 11) is 0. The van der Waals surface area contributed by atoms with Crippen molar-refractivity contribution in [1.29, 1.82) is 0 Å². The highest BCUT2D eigenvalue weighted by Gasteiger charge is 2.21. The average molecular weight is 226 g/mol. The molecular weight excluding hydrogens is 212 g/mol. The summed E-state index contributed by atoms with van der Waals surface area (Å²) in [4.78, 5) is 15.5. The van der Waals surface area contributed by atoms with E-state index in [0.717, 1.165) is 36.1 Å². The van der Waals surface area contributed by atoms with E-state index in [4.69, 9.17) is 0 Å². The first-order valence-corrected chi connectivity index (χ1v) is 5.72. The molecule has 86 valence electrons. The molecule has 0 radical (unpaired) electrons. The molecule has 0 bridgehead atoms. The fraction of sp³-hybridized carbons (Fsp3) is 0.308. The molecule has 4 nitrogen and oxygen atoms in total. The van der Waals surface area contributed by atoms with Crippen molar-refractivity contribution in [2.45, 2.75) is 26.9 Å². The number of nitrogens with zero attached hydrogens (tertiary/aromatic N) is 4. The first-order chi connectivity index (χ1) is 8.22. The van der Waals surface area contributed by atoms with Crippen LogP contribution in [0, 0.1) is 13.8 Å². The Morgan fingerprint density at radius 3 is 2.59 bits per heavy atom. The molecule has 17 heavy (non-hydrogen) atoms. The van der Waals surface area contributed by atoms with Gasteiger partial charge in [0.1, 0.15) is 0 Å². The lowest BCUT2D eigenvalue weighted by atomic mass is 10.2. The van der Waals surface area contributed by atoms with Crippen LogP contribution in [0.3, 0.4) is 0 Å². The zero-order chi connectivity index (χ0) is 11.8. The van der Waals surface area contributed by atoms with E-state index in [1.807, 2.05) is 32.2 Å². The Morgan fingerprint density at radius 2 is 1.88 bits per heavy atom. The molecule has 1 aliphatic rings. The van der Waals surface area contributed by atoms with Crippen molar-refractivity contribution in [3.8, 4) is 0 Å². The SMILES string of the molecule is Cc1cc(C)nc(N2Cc3cccnc3C2)n1. The van der Waals surface area contributed by atoms with Gasteiger partial charge in [-0.2, -0.15) is 0 Å². The van der Waals surface area contributed by atoms with Crippen molar-refractivity contribution in [1.82, 2.24) is 15.0 Å². The van der Waals surface area contributed by atoms with Gasteiger partial charge in [-0.05, 0) is 31.5 Å². The Kier molecular flexibility index (Phi) is 2.28. The van der Waals surface area contributed by atoms with Crippen molar-refractivity contribution in [2.75, 3.05) is 4.90 Å². The highest BCUT2D eigenvalue weighted by molar-refractivity contribution is 5.41. The molecule has 0 amide bonds. The number of aromatic nitrogens is 3. The number of pyridine rings is 1. The second kappa shape index (κ2) is 3.80. The summed E-state index contributed by atoms with van der Waals surface area (Å²) in [5, 5.41) is 0. The smallest absolute Gasteiger partial charge is 0.226 e. The molecule has 2 aromatic heterocycles. The lowest BCUT2D eigenvalue weighted by Gasteiger charge is -2.15. The average Bonchev–Trinajstić information content (AvgIpc) is 2.71. The first kappa shape index (κ1) is 10.2. The third-order valence-electron chi connectivity index (χ3n) is 2.94. The monoisotopic (exact) mass is 226 g/mol. The van der Waals surface area contributed by atoms with Gasteiger partial charge < -0.3 is 4.90 Å². The number of hydrogen-bond acceptors (Lipinski definition) is 4. The van der Waals surface area contributed by atoms with Crippen LogP contribution in [0.4, 0.5) is 5.95 Å². The van der Waals surface area contributed by atoms with Gasteiger partial charge in [0.15, 0.2) is 0 Å². The van der Waals surface area contributed by atoms with Crippen molar-refractivity contribution in [3.05, 3.63) is 47.0 Å². The van der Waals surface area contributed by atoms with Crippen LogP contribution in [0.15, 0.2) is 24.4 Å². The largest absolute Gasteiger partial charge is 0.330 e. The van der Waals surface area contributed by atoms with Crippen LogP contribution in [0.5, 0.6) is 0 Å². The van der Waals surface area contributed by atoms with Crippen LogP contribution in [0.2, 0.25) is 0 Å². The van der Waals surface area contributed by atoms with Gasteiger partial charge in [0.05, 0.1) is 12.2 Å². The van der Waals surface area contributed by atoms with E-state index < -0.39 is 0 Å². The Hall–Kier alpha value is -1.97. The van der Waals surface area contributed by atoms with E-state index in [2.05, 4.69) is 25.9 Å². The van der Waals surface area contributed by atoms with Crippen LogP contribution in [0.25, 0.3) is 0 Å². The Morgan fingerprint density at radius 1 is 1.12 bits per heavy atom. The molecule has 0 N–H and O–H groups in total. The second-order valence-electron chi connectivity index (χ2n) is 4.42. The molecule has 0 spiro atoms. The summed E-state index contributed by atoms with van der Waals surface area (Å²) in [6.45, 7) is 5.66. The quantitative estimate of drug-likeness (QED) is 0.746. The molecule has 1 aliphatic heterocycles. The zero-order valence-electron chi connectivity index (χ0n) is 10.0. The van der Waals surface area contributed by atoms with E-state index in [1.165, 1.54) is 5.56 Å². The summed E-state index contributed by atoms with van der Waals surface area (Å²) < 4.78 is 0. The van der Waals surface area contributed by atoms with Crippen LogP contribution in [0.1, 0.15) is 22.6 Å². The van der Waals surface area contributed by atoms with Crippen molar-refractivity contribution in [2.24, 2.45) is 0 Å². The van der Waals surface area contributed by atoms with Crippen molar-refractivity contribution < 1.29 is 0 Å². The minimum Gasteiger partial charge on any atom is -0.330 e. The van der Waals surface area contributed by atoms with E-state index in [0.29, 0.717) is 0 Å². The van der Waals surface area contributed by atoms with Gasteiger partial charge in [-0.1, -0.05) is 6.07 Å². The van der Waals surface area contributed by atoms with Crippen LogP contribution >= 0.6 is 0 Å². The van der Waals surface area contributed by atoms with Crippen molar-refractivity contribution in [3.63, 3.8) is 0 Å². The Balaban J connectivity index is 1.93. The fourth-order valence-corrected chi connectivity index (χ4v) is 2.19. The number of aryl methyl sites for hydroxylation is 2. The predicted molar refractivity (Wildman–Crippen MR) is 65.6 cm³/mol. The minimum absolute atomic E-state index is 0.805. The number of fused-ring (bicyclic) bond motifs is 1. The highest BCUT2D eigenvalue weighted by atomic mass is 15.3. The molecule has 2 aromatic rings. The van der Waals surface area contributed by atoms with Gasteiger partial charge in [0, 0.05) is 24.1 Å². The summed E-state index contributed by atoms with van der Waals surface area (Å²) in [6, 6.07) is 6.08. The predicted octanol–water partition coefficient (Wildman–Crippen LogP) is 2.01. The summed E-state index contributed by atoms with van der Waals surface area (Å²) >= 11 is 0. The summed E-state index contributed by atoms with van der Waals surface area (Å²) in [5.74, 6) is 0.806. The van der Waals surface area contributed by atoms with Gasteiger partial charge >= 0.3 is 0 Å². The summed E-state index contributed by atoms with van der Waals surface area (Å²) in [6.07, 6.45) is 1.84. The van der Waals surface area contributed by atoms with E-state index in [1.54, 1.807) is 0 Å². The van der Waals surface area contributed by atoms with Crippen LogP contribution < -0.4 is 4.90 Å². The maximum Gasteiger partial charge on any atom is 0.226 e. The van der Waals surface area contributed by atoms with Gasteiger partial charge in [0.2, 0.25) is 5.95 Å². The lowest BCUT2D eigenvalue weighted by molar-refractivity contribution is 0.810. The normalized spacial score (nSPS) is 13.9. The fourth-order valence-electron chi connectivity index (χ4n) is 2.19. The molecule has 4 heteroatoms. The highest BCUT2D eigenvalue weighted by Crippen LogP contribution is 2.24. The molecular formula is C13H14N4. The van der Waals surface area contributed by atoms with E-state index >= 15 is 0 Å². The van der Waals surface area contributed by atoms with Crippen LogP contribution in [-0.4, -0.2) is 15.0 Å². The van der Waals surface area contributed by atoms with Gasteiger partial charge in [-0.3, -0.25) is 4.98 Å². The molecule has 0 fully saturated rings. The van der Waals surface area contributed by atoms with Crippen LogP contribution in [-0.2, 0) is 13.1 Å². The molecule has 0 aliphatic carbocycles. The zero-order valence-corrected chi connectivity index (χ0v) is 10.0. The second-order valence-corrected chi connectivity index (χ2v) is 4.42. The summed E-state index contributed by atoms with van der Waals surface area (Å²) in [5.41, 5.74) is 4.43. The third kappa shape index (κ3) is 1.86. The van der Waals surface area contributed by atoms with E-state index in [-0.39, 0.29) is 0 Å². The Bertz CT molecular complexity index is 520.